The molecule has 2 amide bonds. The third-order valence-electron chi connectivity index (χ3n) is 7.00. The van der Waals surface area contributed by atoms with Gasteiger partial charge in [-0.05, 0) is 43.2 Å². The van der Waals surface area contributed by atoms with Crippen LogP contribution in [0.2, 0.25) is 0 Å². The molecule has 1 saturated heterocycles. The topological polar surface area (TPSA) is 125 Å². The zero-order valence-corrected chi connectivity index (χ0v) is 24.2. The Morgan fingerprint density at radius 2 is 1.88 bits per heavy atom. The lowest BCUT2D eigenvalue weighted by atomic mass is 10.1. The van der Waals surface area contributed by atoms with Crippen LogP contribution in [0.5, 0.6) is 5.88 Å². The van der Waals surface area contributed by atoms with Gasteiger partial charge in [-0.1, -0.05) is 12.6 Å². The highest BCUT2D eigenvalue weighted by Crippen LogP contribution is 2.37. The monoisotopic (exact) mass is 598 g/mol. The summed E-state index contributed by atoms with van der Waals surface area (Å²) in [6.07, 6.45) is -1.47. The van der Waals surface area contributed by atoms with E-state index in [0.717, 1.165) is 11.6 Å². The van der Waals surface area contributed by atoms with E-state index in [1.807, 2.05) is 6.92 Å². The molecule has 1 aliphatic heterocycles. The third kappa shape index (κ3) is 7.77. The van der Waals surface area contributed by atoms with Gasteiger partial charge in [0.25, 0.3) is 0 Å². The SMILES string of the molecule is C=CC(=O)Nc1cc(CN2CCN(C(C)=O)CC2C)ccc1Nc1nc(Nc2cc(OC)ncc2C)ncc1C(F)(F)F. The normalized spacial score (nSPS) is 15.5. The average molecular weight is 599 g/mol. The maximum Gasteiger partial charge on any atom is 0.421 e. The summed E-state index contributed by atoms with van der Waals surface area (Å²) in [5.74, 6) is -0.824. The second-order valence-corrected chi connectivity index (χ2v) is 10.1. The van der Waals surface area contributed by atoms with E-state index in [1.54, 1.807) is 49.2 Å². The molecule has 1 aromatic carbocycles. The Morgan fingerprint density at radius 1 is 1.12 bits per heavy atom. The van der Waals surface area contributed by atoms with Gasteiger partial charge < -0.3 is 25.6 Å². The number of nitrogens with one attached hydrogen (secondary N) is 3. The number of rotatable bonds is 9. The van der Waals surface area contributed by atoms with Crippen LogP contribution in [-0.4, -0.2) is 69.4 Å². The van der Waals surface area contributed by atoms with Gasteiger partial charge in [-0.3, -0.25) is 14.5 Å². The molecule has 3 N–H and O–H groups in total. The highest BCUT2D eigenvalue weighted by Gasteiger charge is 2.36. The number of aromatic nitrogens is 3. The van der Waals surface area contributed by atoms with Gasteiger partial charge in [-0.15, -0.1) is 0 Å². The number of ether oxygens (including phenoxy) is 1. The van der Waals surface area contributed by atoms with Crippen LogP contribution >= 0.6 is 0 Å². The number of halogens is 3. The number of anilines is 5. The highest BCUT2D eigenvalue weighted by atomic mass is 19.4. The van der Waals surface area contributed by atoms with Gasteiger partial charge in [0.05, 0.1) is 24.2 Å². The molecular formula is C29H33F3N8O3. The number of amides is 2. The molecule has 2 aromatic heterocycles. The van der Waals surface area contributed by atoms with Crippen molar-refractivity contribution in [2.24, 2.45) is 0 Å². The number of benzene rings is 1. The first kappa shape index (κ1) is 31.2. The van der Waals surface area contributed by atoms with Crippen LogP contribution in [0.1, 0.15) is 30.5 Å². The number of alkyl halides is 3. The van der Waals surface area contributed by atoms with Crippen LogP contribution in [0.4, 0.5) is 42.0 Å². The predicted molar refractivity (Wildman–Crippen MR) is 157 cm³/mol. The van der Waals surface area contributed by atoms with Crippen LogP contribution in [0.25, 0.3) is 0 Å². The van der Waals surface area contributed by atoms with Crippen LogP contribution in [0, 0.1) is 6.92 Å². The van der Waals surface area contributed by atoms with Crippen LogP contribution in [0.3, 0.4) is 0 Å². The lowest BCUT2D eigenvalue weighted by Crippen LogP contribution is -2.52. The Balaban J connectivity index is 1.65. The Labute approximate surface area is 247 Å². The molecule has 1 aliphatic rings. The predicted octanol–water partition coefficient (Wildman–Crippen LogP) is 4.87. The maximum atomic E-state index is 14.0. The fraction of sp³-hybridized carbons (Fsp3) is 0.345. The fourth-order valence-electron chi connectivity index (χ4n) is 4.58. The molecule has 0 radical (unpaired) electrons. The molecule has 1 atom stereocenters. The molecular weight excluding hydrogens is 565 g/mol. The number of aryl methyl sites for hydroxylation is 1. The number of carbonyl (C=O) groups excluding carboxylic acids is 2. The number of hydrogen-bond acceptors (Lipinski definition) is 9. The lowest BCUT2D eigenvalue weighted by Gasteiger charge is -2.39. The van der Waals surface area contributed by atoms with Gasteiger partial charge in [0.2, 0.25) is 23.6 Å². The van der Waals surface area contributed by atoms with Crippen molar-refractivity contribution in [3.05, 3.63) is 66.0 Å². The minimum Gasteiger partial charge on any atom is -0.481 e. The summed E-state index contributed by atoms with van der Waals surface area (Å²) in [7, 11) is 1.45. The van der Waals surface area contributed by atoms with Crippen molar-refractivity contribution in [1.82, 2.24) is 24.8 Å². The largest absolute Gasteiger partial charge is 0.481 e. The number of piperazine rings is 1. The van der Waals surface area contributed by atoms with Crippen molar-refractivity contribution < 1.29 is 27.5 Å². The molecule has 4 rings (SSSR count). The van der Waals surface area contributed by atoms with Crippen molar-refractivity contribution in [3.63, 3.8) is 0 Å². The quantitative estimate of drug-likeness (QED) is 0.296. The molecule has 1 fully saturated rings. The van der Waals surface area contributed by atoms with E-state index in [1.165, 1.54) is 7.11 Å². The molecule has 1 unspecified atom stereocenters. The van der Waals surface area contributed by atoms with Crippen molar-refractivity contribution in [2.75, 3.05) is 42.7 Å². The average Bonchev–Trinajstić information content (AvgIpc) is 2.96. The zero-order chi connectivity index (χ0) is 31.3. The van der Waals surface area contributed by atoms with E-state index in [0.29, 0.717) is 49.5 Å². The minimum atomic E-state index is -4.76. The summed E-state index contributed by atoms with van der Waals surface area (Å²) in [6.45, 7) is 11.1. The van der Waals surface area contributed by atoms with Gasteiger partial charge in [0.15, 0.2) is 0 Å². The number of nitrogens with zero attached hydrogens (tertiary/aromatic N) is 5. The second kappa shape index (κ2) is 13.1. The van der Waals surface area contributed by atoms with E-state index in [-0.39, 0.29) is 29.3 Å². The number of pyridine rings is 1. The van der Waals surface area contributed by atoms with Gasteiger partial charge in [-0.25, -0.2) is 9.97 Å². The van der Waals surface area contributed by atoms with E-state index in [9.17, 15) is 22.8 Å². The minimum absolute atomic E-state index is 0.0216. The van der Waals surface area contributed by atoms with Crippen LogP contribution in [0.15, 0.2) is 49.3 Å². The highest BCUT2D eigenvalue weighted by molar-refractivity contribution is 6.01. The summed E-state index contributed by atoms with van der Waals surface area (Å²) in [6, 6.07) is 6.69. The Bertz CT molecular complexity index is 1510. The summed E-state index contributed by atoms with van der Waals surface area (Å²) in [4.78, 5) is 40.1. The van der Waals surface area contributed by atoms with Crippen molar-refractivity contribution in [2.45, 2.75) is 39.5 Å². The molecule has 43 heavy (non-hydrogen) atoms. The maximum absolute atomic E-state index is 14.0. The molecule has 0 saturated carbocycles. The van der Waals surface area contributed by atoms with Crippen LogP contribution < -0.4 is 20.7 Å². The standard InChI is InChI=1S/C29H33F3N8O3/c1-6-25(42)35-24-11-20(16-39-9-10-40(19(4)41)15-18(39)3)7-8-22(24)36-27-21(29(30,31)32)14-34-28(38-27)37-23-12-26(43-5)33-13-17(23)2/h6-8,11-14,18H,1,9-10,15-16H2,2-5H3,(H,35,42)(H2,33,34,36,37,38). The van der Waals surface area contributed by atoms with Crippen molar-refractivity contribution in [3.8, 4) is 5.88 Å². The van der Waals surface area contributed by atoms with Gasteiger partial charge in [-0.2, -0.15) is 18.2 Å². The molecule has 0 aliphatic carbocycles. The molecule has 14 heteroatoms. The van der Waals surface area contributed by atoms with Crippen molar-refractivity contribution in [1.29, 1.82) is 0 Å². The van der Waals surface area contributed by atoms with Crippen LogP contribution in [-0.2, 0) is 22.3 Å². The molecule has 0 bridgehead atoms. The molecule has 3 heterocycles. The van der Waals surface area contributed by atoms with Crippen molar-refractivity contribution >= 4 is 40.6 Å². The van der Waals surface area contributed by atoms with E-state index in [2.05, 4.69) is 42.4 Å². The van der Waals surface area contributed by atoms with E-state index < -0.39 is 23.5 Å². The van der Waals surface area contributed by atoms with E-state index in [4.69, 9.17) is 4.74 Å². The van der Waals surface area contributed by atoms with E-state index >= 15 is 0 Å². The van der Waals surface area contributed by atoms with Gasteiger partial charge >= 0.3 is 6.18 Å². The molecule has 11 nitrogen and oxygen atoms in total. The fourth-order valence-corrected chi connectivity index (χ4v) is 4.58. The summed E-state index contributed by atoms with van der Waals surface area (Å²) < 4.78 is 47.1. The first-order valence-corrected chi connectivity index (χ1v) is 13.4. The molecule has 228 valence electrons. The lowest BCUT2D eigenvalue weighted by molar-refractivity contribution is -0.137. The first-order chi connectivity index (χ1) is 20.4. The van der Waals surface area contributed by atoms with Gasteiger partial charge in [0.1, 0.15) is 11.4 Å². The first-order valence-electron chi connectivity index (χ1n) is 13.4. The molecule has 3 aromatic rings. The smallest absolute Gasteiger partial charge is 0.421 e. The summed E-state index contributed by atoms with van der Waals surface area (Å²) in [5.41, 5.74) is 1.35. The number of methoxy groups -OCH3 is 1. The zero-order valence-electron chi connectivity index (χ0n) is 24.2. The Morgan fingerprint density at radius 3 is 2.53 bits per heavy atom. The molecule has 0 spiro atoms. The van der Waals surface area contributed by atoms with Gasteiger partial charge in [0, 0.05) is 57.6 Å². The Kier molecular flexibility index (Phi) is 9.49. The number of carbonyl (C=O) groups is 2. The second-order valence-electron chi connectivity index (χ2n) is 10.1. The summed E-state index contributed by atoms with van der Waals surface area (Å²) >= 11 is 0. The Hall–Kier alpha value is -4.72. The third-order valence-corrected chi connectivity index (χ3v) is 7.00. The summed E-state index contributed by atoms with van der Waals surface area (Å²) in [5, 5.41) is 8.33. The number of hydrogen-bond donors (Lipinski definition) is 3.